The highest BCUT2D eigenvalue weighted by atomic mass is 19.4. The van der Waals surface area contributed by atoms with E-state index < -0.39 is 23.5 Å². The fourth-order valence-corrected chi connectivity index (χ4v) is 3.21. The first-order valence-corrected chi connectivity index (χ1v) is 8.77. The van der Waals surface area contributed by atoms with Crippen molar-refractivity contribution in [1.82, 2.24) is 10.3 Å². The van der Waals surface area contributed by atoms with Crippen LogP contribution in [0.4, 0.5) is 17.6 Å². The molecule has 1 unspecified atom stereocenters. The summed E-state index contributed by atoms with van der Waals surface area (Å²) in [6.07, 6.45) is -0.840. The third-order valence-electron chi connectivity index (χ3n) is 4.62. The molecule has 3 rings (SSSR count). The lowest BCUT2D eigenvalue weighted by molar-refractivity contribution is -0.140. The van der Waals surface area contributed by atoms with Crippen LogP contribution in [0.15, 0.2) is 54.9 Å². The summed E-state index contributed by atoms with van der Waals surface area (Å²) in [6.45, 7) is 1.82. The van der Waals surface area contributed by atoms with Crippen molar-refractivity contribution in [2.24, 2.45) is 0 Å². The number of rotatable bonds is 5. The average molecular weight is 390 g/mol. The van der Waals surface area contributed by atoms with Crippen LogP contribution in [0.1, 0.15) is 36.0 Å². The molecule has 28 heavy (non-hydrogen) atoms. The van der Waals surface area contributed by atoms with E-state index in [1.807, 2.05) is 31.2 Å². The number of nitrogens with zero attached hydrogens (tertiary/aromatic N) is 1. The second kappa shape index (κ2) is 7.96. The molecule has 0 saturated heterocycles. The Hall–Kier alpha value is -2.96. The number of amides is 1. The van der Waals surface area contributed by atoms with Crippen LogP contribution in [0.2, 0.25) is 0 Å². The minimum atomic E-state index is -4.75. The van der Waals surface area contributed by atoms with Gasteiger partial charge in [0.2, 0.25) is 5.91 Å². The topological polar surface area (TPSA) is 42.0 Å². The van der Waals surface area contributed by atoms with Gasteiger partial charge in [-0.1, -0.05) is 31.2 Å². The highest BCUT2D eigenvalue weighted by Crippen LogP contribution is 2.32. The molecule has 0 radical (unpaired) electrons. The zero-order valence-corrected chi connectivity index (χ0v) is 15.1. The average Bonchev–Trinajstić information content (AvgIpc) is 2.66. The maximum absolute atomic E-state index is 13.7. The summed E-state index contributed by atoms with van der Waals surface area (Å²) in [5, 5.41) is 4.53. The number of aromatic nitrogens is 1. The molecule has 146 valence electrons. The van der Waals surface area contributed by atoms with Gasteiger partial charge in [-0.05, 0) is 41.1 Å². The molecule has 1 N–H and O–H groups in total. The normalized spacial score (nSPS) is 12.8. The van der Waals surface area contributed by atoms with Gasteiger partial charge in [0, 0.05) is 24.3 Å². The molecule has 0 spiro atoms. The van der Waals surface area contributed by atoms with E-state index in [2.05, 4.69) is 10.3 Å². The van der Waals surface area contributed by atoms with E-state index in [0.717, 1.165) is 28.5 Å². The van der Waals surface area contributed by atoms with Crippen LogP contribution in [0.25, 0.3) is 10.8 Å². The highest BCUT2D eigenvalue weighted by Gasteiger charge is 2.33. The summed E-state index contributed by atoms with van der Waals surface area (Å²) in [4.78, 5) is 16.8. The summed E-state index contributed by atoms with van der Waals surface area (Å²) in [5.41, 5.74) is -0.215. The molecular formula is C21H18F4N2O. The number of carbonyl (C=O) groups is 1. The van der Waals surface area contributed by atoms with Crippen LogP contribution in [-0.4, -0.2) is 10.9 Å². The Kier molecular flexibility index (Phi) is 5.63. The standard InChI is InChI=1S/C21H18F4N2O/c1-2-15(17-5-3-4-14-12-26-9-8-16(14)17)20(28)27-11-13-6-7-18(19(22)10-13)21(23,24)25/h3-10,12,15H,2,11H2,1H3,(H,27,28). The van der Waals surface area contributed by atoms with E-state index in [1.54, 1.807) is 12.4 Å². The zero-order valence-electron chi connectivity index (χ0n) is 15.1. The molecule has 7 heteroatoms. The first-order valence-electron chi connectivity index (χ1n) is 8.77. The molecule has 1 amide bonds. The minimum absolute atomic E-state index is 0.0588. The third-order valence-corrected chi connectivity index (χ3v) is 4.62. The number of halogens is 4. The van der Waals surface area contributed by atoms with Gasteiger partial charge in [-0.25, -0.2) is 4.39 Å². The predicted molar refractivity (Wildman–Crippen MR) is 98.0 cm³/mol. The van der Waals surface area contributed by atoms with Crippen LogP contribution < -0.4 is 5.32 Å². The van der Waals surface area contributed by atoms with Crippen LogP contribution in [0.3, 0.4) is 0 Å². The van der Waals surface area contributed by atoms with Gasteiger partial charge >= 0.3 is 6.18 Å². The van der Waals surface area contributed by atoms with Gasteiger partial charge in [-0.15, -0.1) is 0 Å². The molecule has 0 aliphatic rings. The summed E-state index contributed by atoms with van der Waals surface area (Å²) in [5.74, 6) is -2.06. The summed E-state index contributed by atoms with van der Waals surface area (Å²) in [6, 6.07) is 10.1. The van der Waals surface area contributed by atoms with E-state index in [4.69, 9.17) is 0 Å². The number of benzene rings is 2. The van der Waals surface area contributed by atoms with E-state index in [1.165, 1.54) is 0 Å². The van der Waals surface area contributed by atoms with E-state index >= 15 is 0 Å². The van der Waals surface area contributed by atoms with Crippen molar-refractivity contribution in [2.75, 3.05) is 0 Å². The fourth-order valence-electron chi connectivity index (χ4n) is 3.21. The molecular weight excluding hydrogens is 372 g/mol. The third kappa shape index (κ3) is 4.13. The molecule has 0 fully saturated rings. The van der Waals surface area contributed by atoms with Crippen LogP contribution in [-0.2, 0) is 17.5 Å². The van der Waals surface area contributed by atoms with E-state index in [9.17, 15) is 22.4 Å². The largest absolute Gasteiger partial charge is 0.419 e. The zero-order chi connectivity index (χ0) is 20.3. The van der Waals surface area contributed by atoms with Gasteiger partial charge in [-0.2, -0.15) is 13.2 Å². The second-order valence-corrected chi connectivity index (χ2v) is 6.43. The van der Waals surface area contributed by atoms with Crippen LogP contribution >= 0.6 is 0 Å². The van der Waals surface area contributed by atoms with Crippen LogP contribution in [0.5, 0.6) is 0 Å². The molecule has 1 heterocycles. The molecule has 1 atom stereocenters. The molecule has 3 nitrogen and oxygen atoms in total. The Balaban J connectivity index is 1.77. The number of fused-ring (bicyclic) bond motifs is 1. The molecule has 0 saturated carbocycles. The smallest absolute Gasteiger partial charge is 0.351 e. The minimum Gasteiger partial charge on any atom is -0.351 e. The fraction of sp³-hybridized carbons (Fsp3) is 0.238. The molecule has 0 aliphatic carbocycles. The summed E-state index contributed by atoms with van der Waals surface area (Å²) in [7, 11) is 0. The number of alkyl halides is 3. The Morgan fingerprint density at radius 3 is 2.64 bits per heavy atom. The number of pyridine rings is 1. The monoisotopic (exact) mass is 390 g/mol. The van der Waals surface area contributed by atoms with Crippen molar-refractivity contribution >= 4 is 16.7 Å². The molecule has 1 aromatic heterocycles. The van der Waals surface area contributed by atoms with Crippen molar-refractivity contribution in [1.29, 1.82) is 0 Å². The first kappa shape index (κ1) is 19.8. The Labute approximate surface area is 159 Å². The van der Waals surface area contributed by atoms with Gasteiger partial charge in [0.1, 0.15) is 5.82 Å². The van der Waals surface area contributed by atoms with Crippen LogP contribution in [0, 0.1) is 5.82 Å². The van der Waals surface area contributed by atoms with Crippen molar-refractivity contribution < 1.29 is 22.4 Å². The maximum Gasteiger partial charge on any atom is 0.419 e. The van der Waals surface area contributed by atoms with Crippen molar-refractivity contribution in [3.63, 3.8) is 0 Å². The molecule has 3 aromatic rings. The van der Waals surface area contributed by atoms with Gasteiger partial charge in [0.25, 0.3) is 0 Å². The molecule has 0 bridgehead atoms. The quantitative estimate of drug-likeness (QED) is 0.608. The highest BCUT2D eigenvalue weighted by molar-refractivity contribution is 5.92. The predicted octanol–water partition coefficient (Wildman–Crippen LogP) is 5.20. The number of nitrogens with one attached hydrogen (secondary N) is 1. The lowest BCUT2D eigenvalue weighted by Crippen LogP contribution is -2.29. The molecule has 2 aromatic carbocycles. The maximum atomic E-state index is 13.7. The lowest BCUT2D eigenvalue weighted by atomic mass is 9.91. The SMILES string of the molecule is CCC(C(=O)NCc1ccc(C(F)(F)F)c(F)c1)c1cccc2cnccc12. The molecule has 0 aliphatic heterocycles. The number of carbonyl (C=O) groups excluding carboxylic acids is 1. The van der Waals surface area contributed by atoms with E-state index in [-0.39, 0.29) is 18.0 Å². The van der Waals surface area contributed by atoms with Crippen molar-refractivity contribution in [2.45, 2.75) is 32.0 Å². The number of hydrogen-bond acceptors (Lipinski definition) is 2. The Bertz CT molecular complexity index is 996. The van der Waals surface area contributed by atoms with Gasteiger partial charge in [0.05, 0.1) is 11.5 Å². The Morgan fingerprint density at radius 2 is 1.96 bits per heavy atom. The summed E-state index contributed by atoms with van der Waals surface area (Å²) < 4.78 is 51.6. The summed E-state index contributed by atoms with van der Waals surface area (Å²) >= 11 is 0. The lowest BCUT2D eigenvalue weighted by Gasteiger charge is -2.18. The first-order chi connectivity index (χ1) is 13.3. The van der Waals surface area contributed by atoms with Crippen molar-refractivity contribution in [3.05, 3.63) is 77.4 Å². The Morgan fingerprint density at radius 1 is 1.18 bits per heavy atom. The van der Waals surface area contributed by atoms with Gasteiger partial charge in [-0.3, -0.25) is 9.78 Å². The van der Waals surface area contributed by atoms with E-state index in [0.29, 0.717) is 12.5 Å². The number of hydrogen-bond donors (Lipinski definition) is 1. The van der Waals surface area contributed by atoms with Gasteiger partial charge in [0.15, 0.2) is 0 Å². The van der Waals surface area contributed by atoms with Gasteiger partial charge < -0.3 is 5.32 Å². The van der Waals surface area contributed by atoms with Crippen molar-refractivity contribution in [3.8, 4) is 0 Å². The second-order valence-electron chi connectivity index (χ2n) is 6.43.